The number of hydrogen-bond acceptors (Lipinski definition) is 6. The molecule has 0 radical (unpaired) electrons. The number of piperidine rings is 1. The monoisotopic (exact) mass is 417 g/mol. The maximum atomic E-state index is 14.4. The molecule has 1 aromatic carbocycles. The van der Waals surface area contributed by atoms with Crippen LogP contribution in [0.3, 0.4) is 0 Å². The Labute approximate surface area is 174 Å². The van der Waals surface area contributed by atoms with Gasteiger partial charge in [0.1, 0.15) is 16.9 Å². The van der Waals surface area contributed by atoms with E-state index in [9.17, 15) is 4.39 Å². The molecule has 154 valence electrons. The van der Waals surface area contributed by atoms with Crippen molar-refractivity contribution in [3.05, 3.63) is 34.7 Å². The van der Waals surface area contributed by atoms with Crippen LogP contribution in [-0.2, 0) is 6.54 Å². The van der Waals surface area contributed by atoms with Gasteiger partial charge in [0.15, 0.2) is 5.82 Å². The third kappa shape index (κ3) is 3.86. The van der Waals surface area contributed by atoms with E-state index in [2.05, 4.69) is 20.6 Å². The van der Waals surface area contributed by atoms with Crippen molar-refractivity contribution >= 4 is 40.1 Å². The van der Waals surface area contributed by atoms with Crippen molar-refractivity contribution in [3.63, 3.8) is 0 Å². The molecule has 4 rings (SSSR count). The van der Waals surface area contributed by atoms with Gasteiger partial charge in [-0.3, -0.25) is 4.68 Å². The van der Waals surface area contributed by atoms with E-state index in [4.69, 9.17) is 21.6 Å². The summed E-state index contributed by atoms with van der Waals surface area (Å²) < 4.78 is 16.3. The fraction of sp³-hybridized carbons (Fsp3) is 0.450. The Kier molecular flexibility index (Phi) is 5.56. The Morgan fingerprint density at radius 3 is 2.66 bits per heavy atom. The molecule has 0 spiro atoms. The Morgan fingerprint density at radius 2 is 2.00 bits per heavy atom. The first-order chi connectivity index (χ1) is 14.0. The van der Waals surface area contributed by atoms with Gasteiger partial charge in [0.2, 0.25) is 5.95 Å². The molecular weight excluding hydrogens is 393 g/mol. The maximum absolute atomic E-state index is 14.4. The molecular formula is C20H25ClFN7. The van der Waals surface area contributed by atoms with Crippen LogP contribution in [0.4, 0.5) is 21.8 Å². The van der Waals surface area contributed by atoms with Crippen LogP contribution in [0.1, 0.15) is 25.5 Å². The Balaban J connectivity index is 1.78. The van der Waals surface area contributed by atoms with E-state index in [1.165, 1.54) is 6.07 Å². The largest absolute Gasteiger partial charge is 0.341 e. The second-order valence-electron chi connectivity index (χ2n) is 7.27. The number of aromatic nitrogens is 4. The van der Waals surface area contributed by atoms with Gasteiger partial charge in [0.05, 0.1) is 11.4 Å². The van der Waals surface area contributed by atoms with Crippen LogP contribution in [0, 0.1) is 12.7 Å². The SMILES string of the molecule is CCn1nc(C)c2nc(N3CCC(NC)CC3)nc(Nc3ccc(Cl)cc3F)c21. The molecule has 9 heteroatoms. The Morgan fingerprint density at radius 1 is 1.24 bits per heavy atom. The standard InChI is InChI=1S/C20H25ClFN7/c1-4-29-18-17(12(2)27-29)25-20(28-9-7-14(23-3)8-10-28)26-19(18)24-16-6-5-13(21)11-15(16)22/h5-6,11,14,23H,4,7-10H2,1-3H3,(H,24,25,26). The Hall–Kier alpha value is -2.45. The summed E-state index contributed by atoms with van der Waals surface area (Å²) in [7, 11) is 1.99. The van der Waals surface area contributed by atoms with E-state index in [-0.39, 0.29) is 0 Å². The number of rotatable bonds is 5. The van der Waals surface area contributed by atoms with E-state index in [0.29, 0.717) is 35.1 Å². The van der Waals surface area contributed by atoms with E-state index < -0.39 is 5.82 Å². The first-order valence-corrected chi connectivity index (χ1v) is 10.3. The molecule has 3 aromatic rings. The highest BCUT2D eigenvalue weighted by atomic mass is 35.5. The van der Waals surface area contributed by atoms with Gasteiger partial charge in [-0.1, -0.05) is 11.6 Å². The molecule has 0 unspecified atom stereocenters. The third-order valence-corrected chi connectivity index (χ3v) is 5.65. The fourth-order valence-electron chi connectivity index (χ4n) is 3.76. The van der Waals surface area contributed by atoms with Crippen LogP contribution in [-0.4, -0.2) is 45.9 Å². The van der Waals surface area contributed by atoms with Crippen molar-refractivity contribution in [2.24, 2.45) is 0 Å². The summed E-state index contributed by atoms with van der Waals surface area (Å²) in [5, 5.41) is 11.4. The highest BCUT2D eigenvalue weighted by Gasteiger charge is 2.23. The highest BCUT2D eigenvalue weighted by molar-refractivity contribution is 6.30. The van der Waals surface area contributed by atoms with Crippen molar-refractivity contribution in [2.75, 3.05) is 30.4 Å². The zero-order valence-electron chi connectivity index (χ0n) is 16.8. The van der Waals surface area contributed by atoms with Crippen LogP contribution in [0.25, 0.3) is 11.0 Å². The summed E-state index contributed by atoms with van der Waals surface area (Å²) in [6, 6.07) is 5.06. The normalized spacial score (nSPS) is 15.3. The lowest BCUT2D eigenvalue weighted by molar-refractivity contribution is 0.439. The van der Waals surface area contributed by atoms with Crippen molar-refractivity contribution in [3.8, 4) is 0 Å². The van der Waals surface area contributed by atoms with Crippen molar-refractivity contribution < 1.29 is 4.39 Å². The van der Waals surface area contributed by atoms with Crippen LogP contribution in [0.5, 0.6) is 0 Å². The summed E-state index contributed by atoms with van der Waals surface area (Å²) in [6.45, 7) is 6.35. The smallest absolute Gasteiger partial charge is 0.228 e. The summed E-state index contributed by atoms with van der Waals surface area (Å²) in [5.74, 6) is 0.757. The molecule has 0 saturated carbocycles. The predicted octanol–water partition coefficient (Wildman–Crippen LogP) is 3.88. The summed E-state index contributed by atoms with van der Waals surface area (Å²) >= 11 is 5.90. The molecule has 1 saturated heterocycles. The quantitative estimate of drug-likeness (QED) is 0.656. The maximum Gasteiger partial charge on any atom is 0.228 e. The van der Waals surface area contributed by atoms with E-state index >= 15 is 0 Å². The lowest BCUT2D eigenvalue weighted by Crippen LogP contribution is -2.41. The zero-order valence-corrected chi connectivity index (χ0v) is 17.6. The van der Waals surface area contributed by atoms with Gasteiger partial charge in [-0.05, 0) is 51.9 Å². The van der Waals surface area contributed by atoms with Crippen LogP contribution in [0.2, 0.25) is 5.02 Å². The van der Waals surface area contributed by atoms with Crippen molar-refractivity contribution in [2.45, 2.75) is 39.3 Å². The minimum Gasteiger partial charge on any atom is -0.341 e. The fourth-order valence-corrected chi connectivity index (χ4v) is 3.92. The molecule has 1 aliphatic rings. The second kappa shape index (κ2) is 8.12. The van der Waals surface area contributed by atoms with Crippen LogP contribution < -0.4 is 15.5 Å². The van der Waals surface area contributed by atoms with Crippen LogP contribution >= 0.6 is 11.6 Å². The van der Waals surface area contributed by atoms with E-state index in [1.807, 2.05) is 25.6 Å². The molecule has 0 atom stereocenters. The molecule has 2 N–H and O–H groups in total. The number of anilines is 3. The lowest BCUT2D eigenvalue weighted by Gasteiger charge is -2.32. The molecule has 7 nitrogen and oxygen atoms in total. The van der Waals surface area contributed by atoms with E-state index in [0.717, 1.165) is 42.7 Å². The number of halogens is 2. The summed E-state index contributed by atoms with van der Waals surface area (Å²) in [5.41, 5.74) is 2.70. The molecule has 0 aliphatic carbocycles. The summed E-state index contributed by atoms with van der Waals surface area (Å²) in [6.07, 6.45) is 2.05. The van der Waals surface area contributed by atoms with Gasteiger partial charge >= 0.3 is 0 Å². The summed E-state index contributed by atoms with van der Waals surface area (Å²) in [4.78, 5) is 11.8. The minimum atomic E-state index is -0.431. The van der Waals surface area contributed by atoms with Gasteiger partial charge in [-0.25, -0.2) is 9.37 Å². The number of benzene rings is 1. The van der Waals surface area contributed by atoms with Crippen molar-refractivity contribution in [1.82, 2.24) is 25.1 Å². The third-order valence-electron chi connectivity index (χ3n) is 5.41. The first-order valence-electron chi connectivity index (χ1n) is 9.89. The molecule has 2 aromatic heterocycles. The van der Waals surface area contributed by atoms with Gasteiger partial charge in [-0.2, -0.15) is 10.1 Å². The van der Waals surface area contributed by atoms with Gasteiger partial charge in [0.25, 0.3) is 0 Å². The molecule has 1 aliphatic heterocycles. The minimum absolute atomic E-state index is 0.316. The van der Waals surface area contributed by atoms with Gasteiger partial charge in [0, 0.05) is 30.7 Å². The number of nitrogens with zero attached hydrogens (tertiary/aromatic N) is 5. The first kappa shape index (κ1) is 19.8. The molecule has 3 heterocycles. The number of aryl methyl sites for hydroxylation is 2. The highest BCUT2D eigenvalue weighted by Crippen LogP contribution is 2.31. The molecule has 0 bridgehead atoms. The Bertz CT molecular complexity index is 1030. The lowest BCUT2D eigenvalue weighted by atomic mass is 10.1. The van der Waals surface area contributed by atoms with Gasteiger partial charge < -0.3 is 15.5 Å². The topological polar surface area (TPSA) is 70.9 Å². The molecule has 29 heavy (non-hydrogen) atoms. The predicted molar refractivity (Wildman–Crippen MR) is 115 cm³/mol. The number of nitrogens with one attached hydrogen (secondary N) is 2. The number of fused-ring (bicyclic) bond motifs is 1. The zero-order chi connectivity index (χ0) is 20.5. The van der Waals surface area contributed by atoms with Gasteiger partial charge in [-0.15, -0.1) is 0 Å². The van der Waals surface area contributed by atoms with Crippen molar-refractivity contribution in [1.29, 1.82) is 0 Å². The average molecular weight is 418 g/mol. The molecule has 0 amide bonds. The average Bonchev–Trinajstić information content (AvgIpc) is 3.06. The number of hydrogen-bond donors (Lipinski definition) is 2. The second-order valence-corrected chi connectivity index (χ2v) is 7.71. The molecule has 1 fully saturated rings. The van der Waals surface area contributed by atoms with Crippen LogP contribution in [0.15, 0.2) is 18.2 Å². The van der Waals surface area contributed by atoms with E-state index in [1.54, 1.807) is 12.1 Å².